The zero-order valence-corrected chi connectivity index (χ0v) is 15.6. The Kier molecular flexibility index (Phi) is 5.40. The highest BCUT2D eigenvalue weighted by molar-refractivity contribution is 7.89. The lowest BCUT2D eigenvalue weighted by Gasteiger charge is -2.32. The number of hydrogen-bond donors (Lipinski definition) is 2. The second-order valence-electron chi connectivity index (χ2n) is 6.10. The first-order chi connectivity index (χ1) is 12.4. The van der Waals surface area contributed by atoms with Crippen LogP contribution in [0.3, 0.4) is 0 Å². The molecule has 2 heterocycles. The Morgan fingerprint density at radius 3 is 2.62 bits per heavy atom. The molecule has 3 N–H and O–H groups in total. The molecule has 9 heteroatoms. The molecule has 1 atom stereocenters. The minimum Gasteiger partial charge on any atom is -0.337 e. The Balaban J connectivity index is 1.71. The number of nitrogens with one attached hydrogen (secondary N) is 1. The maximum Gasteiger partial charge on any atom is 0.265 e. The highest BCUT2D eigenvalue weighted by Crippen LogP contribution is 2.26. The monoisotopic (exact) mass is 393 g/mol. The molecule has 7 nitrogen and oxygen atoms in total. The van der Waals surface area contributed by atoms with E-state index in [1.165, 1.54) is 16.3 Å². The molecule has 0 saturated carbocycles. The van der Waals surface area contributed by atoms with Crippen molar-refractivity contribution in [1.82, 2.24) is 4.90 Å². The molecule has 0 bridgehead atoms. The zero-order chi connectivity index (χ0) is 18.7. The number of carbonyl (C=O) groups is 2. The van der Waals surface area contributed by atoms with E-state index in [0.717, 1.165) is 11.3 Å². The van der Waals surface area contributed by atoms with Gasteiger partial charge in [0.05, 0.1) is 5.92 Å². The Morgan fingerprint density at radius 2 is 1.92 bits per heavy atom. The number of sulfonamides is 1. The second-order valence-corrected chi connectivity index (χ2v) is 8.55. The van der Waals surface area contributed by atoms with Crippen LogP contribution in [0.15, 0.2) is 46.7 Å². The molecular weight excluding hydrogens is 374 g/mol. The molecule has 0 spiro atoms. The number of nitrogens with two attached hydrogens (primary N) is 1. The fourth-order valence-electron chi connectivity index (χ4n) is 2.96. The number of rotatable bonds is 4. The third-order valence-corrected chi connectivity index (χ3v) is 6.24. The predicted octanol–water partition coefficient (Wildman–Crippen LogP) is 1.89. The highest BCUT2D eigenvalue weighted by Gasteiger charge is 2.31. The summed E-state index contributed by atoms with van der Waals surface area (Å²) in [7, 11) is -3.96. The van der Waals surface area contributed by atoms with Crippen LogP contribution in [0, 0.1) is 5.92 Å². The number of likely N-dealkylation sites (tertiary alicyclic amines) is 1. The number of primary sulfonamides is 1. The first-order valence-corrected chi connectivity index (χ1v) is 10.5. The molecular formula is C17H19N3O4S2. The van der Waals surface area contributed by atoms with Crippen LogP contribution in [-0.4, -0.2) is 38.2 Å². The van der Waals surface area contributed by atoms with Crippen molar-refractivity contribution in [2.75, 3.05) is 18.4 Å². The molecule has 26 heavy (non-hydrogen) atoms. The lowest BCUT2D eigenvalue weighted by atomic mass is 9.97. The molecule has 1 aromatic heterocycles. The predicted molar refractivity (Wildman–Crippen MR) is 99.4 cm³/mol. The van der Waals surface area contributed by atoms with Gasteiger partial charge in [0.25, 0.3) is 5.91 Å². The van der Waals surface area contributed by atoms with Gasteiger partial charge in [-0.1, -0.05) is 18.2 Å². The van der Waals surface area contributed by atoms with Gasteiger partial charge in [-0.15, -0.1) is 11.3 Å². The fourth-order valence-corrected chi connectivity index (χ4v) is 4.90. The van der Waals surface area contributed by atoms with E-state index in [4.69, 9.17) is 5.14 Å². The lowest BCUT2D eigenvalue weighted by Crippen LogP contribution is -2.43. The van der Waals surface area contributed by atoms with E-state index in [1.807, 2.05) is 18.2 Å². The van der Waals surface area contributed by atoms with Crippen LogP contribution >= 0.6 is 11.3 Å². The summed E-state index contributed by atoms with van der Waals surface area (Å²) < 4.78 is 23.3. The largest absolute Gasteiger partial charge is 0.337 e. The Bertz CT molecular complexity index is 909. The van der Waals surface area contributed by atoms with Gasteiger partial charge in [-0.2, -0.15) is 0 Å². The highest BCUT2D eigenvalue weighted by atomic mass is 32.2. The van der Waals surface area contributed by atoms with Crippen molar-refractivity contribution in [2.45, 2.75) is 17.7 Å². The molecule has 2 amide bonds. The van der Waals surface area contributed by atoms with E-state index < -0.39 is 15.9 Å². The van der Waals surface area contributed by atoms with E-state index in [2.05, 4.69) is 5.32 Å². The normalized spacial score (nSPS) is 17.7. The van der Waals surface area contributed by atoms with Gasteiger partial charge in [0.1, 0.15) is 9.77 Å². The molecule has 1 aliphatic rings. The van der Waals surface area contributed by atoms with Crippen LogP contribution in [-0.2, 0) is 14.8 Å². The summed E-state index contributed by atoms with van der Waals surface area (Å²) in [5.74, 6) is -0.890. The Hall–Kier alpha value is -2.23. The summed E-state index contributed by atoms with van der Waals surface area (Å²) in [6.45, 7) is 0.732. The number of para-hydroxylation sites is 1. The molecule has 1 fully saturated rings. The third kappa shape index (κ3) is 4.12. The molecule has 3 rings (SSSR count). The number of thiophene rings is 1. The van der Waals surface area contributed by atoms with Gasteiger partial charge in [0, 0.05) is 18.8 Å². The summed E-state index contributed by atoms with van der Waals surface area (Å²) in [5.41, 5.74) is 0.704. The summed E-state index contributed by atoms with van der Waals surface area (Å²) in [6, 6.07) is 10.5. The van der Waals surface area contributed by atoms with Gasteiger partial charge in [0.15, 0.2) is 0 Å². The lowest BCUT2D eigenvalue weighted by molar-refractivity contribution is -0.121. The minimum absolute atomic E-state index is 0.0941. The average Bonchev–Trinajstić information content (AvgIpc) is 3.12. The summed E-state index contributed by atoms with van der Waals surface area (Å²) in [6.07, 6.45) is 1.35. The molecule has 1 aromatic carbocycles. The number of carbonyl (C=O) groups excluding carboxylic acids is 2. The van der Waals surface area contributed by atoms with Gasteiger partial charge in [-0.3, -0.25) is 9.59 Å². The van der Waals surface area contributed by atoms with Crippen molar-refractivity contribution in [3.05, 3.63) is 46.7 Å². The standard InChI is InChI=1S/C17H19N3O4S2/c18-26(23,24)14-8-10-25-15(14)17(22)20-9-4-5-12(11-20)16(21)19-13-6-2-1-3-7-13/h1-3,6-8,10,12H,4-5,9,11H2,(H,19,21)(H2,18,23,24)/t12-/m1/s1. The molecule has 1 saturated heterocycles. The number of piperidine rings is 1. The first-order valence-electron chi connectivity index (χ1n) is 8.12. The number of anilines is 1. The van der Waals surface area contributed by atoms with E-state index in [-0.39, 0.29) is 28.1 Å². The van der Waals surface area contributed by atoms with Crippen LogP contribution in [0.5, 0.6) is 0 Å². The van der Waals surface area contributed by atoms with Crippen molar-refractivity contribution < 1.29 is 18.0 Å². The van der Waals surface area contributed by atoms with Crippen LogP contribution in [0.4, 0.5) is 5.69 Å². The van der Waals surface area contributed by atoms with E-state index in [9.17, 15) is 18.0 Å². The van der Waals surface area contributed by atoms with Gasteiger partial charge < -0.3 is 10.2 Å². The summed E-state index contributed by atoms with van der Waals surface area (Å²) in [4.78, 5) is 26.7. The van der Waals surface area contributed by atoms with Gasteiger partial charge in [-0.05, 0) is 36.4 Å². The maximum atomic E-state index is 12.7. The van der Waals surface area contributed by atoms with Crippen molar-refractivity contribution in [1.29, 1.82) is 0 Å². The number of nitrogens with zero attached hydrogens (tertiary/aromatic N) is 1. The van der Waals surface area contributed by atoms with Crippen LogP contribution < -0.4 is 10.5 Å². The molecule has 1 aliphatic heterocycles. The third-order valence-electron chi connectivity index (χ3n) is 4.25. The van der Waals surface area contributed by atoms with Crippen LogP contribution in [0.25, 0.3) is 0 Å². The summed E-state index contributed by atoms with van der Waals surface area (Å²) in [5, 5.41) is 9.55. The Morgan fingerprint density at radius 1 is 1.19 bits per heavy atom. The first kappa shape index (κ1) is 18.6. The fraction of sp³-hybridized carbons (Fsp3) is 0.294. The average molecular weight is 393 g/mol. The molecule has 138 valence electrons. The SMILES string of the molecule is NS(=O)(=O)c1ccsc1C(=O)N1CCC[C@@H](C(=O)Nc2ccccc2)C1. The van der Waals surface area contributed by atoms with Crippen molar-refractivity contribution in [3.8, 4) is 0 Å². The van der Waals surface area contributed by atoms with Gasteiger partial charge in [0.2, 0.25) is 15.9 Å². The van der Waals surface area contributed by atoms with Gasteiger partial charge >= 0.3 is 0 Å². The topological polar surface area (TPSA) is 110 Å². The van der Waals surface area contributed by atoms with E-state index in [1.54, 1.807) is 12.1 Å². The molecule has 0 unspecified atom stereocenters. The quantitative estimate of drug-likeness (QED) is 0.826. The van der Waals surface area contributed by atoms with Crippen LogP contribution in [0.2, 0.25) is 0 Å². The second kappa shape index (κ2) is 7.56. The van der Waals surface area contributed by atoms with Gasteiger partial charge in [-0.25, -0.2) is 13.6 Å². The summed E-state index contributed by atoms with van der Waals surface area (Å²) >= 11 is 1.04. The molecule has 0 aliphatic carbocycles. The number of amides is 2. The van der Waals surface area contributed by atoms with Crippen LogP contribution in [0.1, 0.15) is 22.5 Å². The van der Waals surface area contributed by atoms with Crippen molar-refractivity contribution in [3.63, 3.8) is 0 Å². The number of hydrogen-bond acceptors (Lipinski definition) is 5. The molecule has 0 radical (unpaired) electrons. The Labute approximate surface area is 155 Å². The van der Waals surface area contributed by atoms with E-state index >= 15 is 0 Å². The van der Waals surface area contributed by atoms with Crippen molar-refractivity contribution >= 4 is 38.9 Å². The maximum absolute atomic E-state index is 12.7. The molecule has 2 aromatic rings. The van der Waals surface area contributed by atoms with E-state index in [0.29, 0.717) is 25.1 Å². The number of benzene rings is 1. The zero-order valence-electron chi connectivity index (χ0n) is 13.9. The minimum atomic E-state index is -3.96. The van der Waals surface area contributed by atoms with Crippen molar-refractivity contribution in [2.24, 2.45) is 11.1 Å². The smallest absolute Gasteiger partial charge is 0.265 e.